The molecule has 2 aliphatic rings. The van der Waals surface area contributed by atoms with E-state index in [9.17, 15) is 14.7 Å². The molecule has 1 N–H and O–H groups in total. The maximum absolute atomic E-state index is 13.3. The van der Waals surface area contributed by atoms with Gasteiger partial charge in [-0.3, -0.25) is 4.79 Å². The summed E-state index contributed by atoms with van der Waals surface area (Å²) in [6.45, 7) is 1.45. The molecule has 0 saturated carbocycles. The van der Waals surface area contributed by atoms with E-state index in [1.807, 2.05) is 27.7 Å². The molecule has 0 unspecified atom stereocenters. The molecule has 5 nitrogen and oxygen atoms in total. The number of aromatic nitrogens is 1. The first-order valence-corrected chi connectivity index (χ1v) is 8.98. The molecule has 0 spiro atoms. The highest BCUT2D eigenvalue weighted by Crippen LogP contribution is 2.34. The Kier molecular flexibility index (Phi) is 4.07. The topological polar surface area (TPSA) is 62.5 Å². The summed E-state index contributed by atoms with van der Waals surface area (Å²) in [5.41, 5.74) is 2.78. The lowest BCUT2D eigenvalue weighted by molar-refractivity contribution is 0.0694. The van der Waals surface area contributed by atoms with Crippen molar-refractivity contribution in [3.63, 3.8) is 0 Å². The number of hydrogen-bond donors (Lipinski definition) is 1. The Morgan fingerprint density at radius 2 is 1.84 bits per heavy atom. The molecule has 1 fully saturated rings. The van der Waals surface area contributed by atoms with Gasteiger partial charge in [-0.15, -0.1) is 0 Å². The van der Waals surface area contributed by atoms with Crippen LogP contribution in [0.3, 0.4) is 0 Å². The Labute approximate surface area is 146 Å². The van der Waals surface area contributed by atoms with Crippen molar-refractivity contribution < 1.29 is 14.7 Å². The van der Waals surface area contributed by atoms with Crippen LogP contribution in [0.4, 0.5) is 0 Å². The second-order valence-corrected chi connectivity index (χ2v) is 6.87. The van der Waals surface area contributed by atoms with Crippen molar-refractivity contribution in [2.75, 3.05) is 6.54 Å². The van der Waals surface area contributed by atoms with Gasteiger partial charge in [0.05, 0.1) is 11.6 Å². The average Bonchev–Trinajstić information content (AvgIpc) is 3.27. The number of fused-ring (bicyclic) bond motifs is 1. The molecule has 1 saturated heterocycles. The fraction of sp³-hybridized carbons (Fsp3) is 0.400. The number of amides is 1. The zero-order valence-corrected chi connectivity index (χ0v) is 14.1. The minimum atomic E-state index is -0.939. The Balaban J connectivity index is 1.70. The number of carboxylic acid groups (broad SMARTS) is 1. The first kappa shape index (κ1) is 15.9. The fourth-order valence-corrected chi connectivity index (χ4v) is 4.22. The number of hydrogen-bond acceptors (Lipinski definition) is 2. The van der Waals surface area contributed by atoms with Crippen molar-refractivity contribution in [3.8, 4) is 0 Å². The van der Waals surface area contributed by atoms with Gasteiger partial charge in [0.15, 0.2) is 0 Å². The Morgan fingerprint density at radius 1 is 1.04 bits per heavy atom. The summed E-state index contributed by atoms with van der Waals surface area (Å²) in [6, 6.07) is 11.8. The minimum Gasteiger partial charge on any atom is -0.478 e. The van der Waals surface area contributed by atoms with E-state index in [-0.39, 0.29) is 11.9 Å². The summed E-state index contributed by atoms with van der Waals surface area (Å²) in [5, 5.41) is 9.49. The summed E-state index contributed by atoms with van der Waals surface area (Å²) in [4.78, 5) is 26.7. The van der Waals surface area contributed by atoms with Gasteiger partial charge in [0.2, 0.25) is 0 Å². The third-order valence-corrected chi connectivity index (χ3v) is 5.40. The Morgan fingerprint density at radius 3 is 2.60 bits per heavy atom. The van der Waals surface area contributed by atoms with Gasteiger partial charge in [0, 0.05) is 18.8 Å². The number of carbonyl (C=O) groups excluding carboxylic acids is 1. The van der Waals surface area contributed by atoms with Crippen LogP contribution >= 0.6 is 0 Å². The molecule has 4 rings (SSSR count). The van der Waals surface area contributed by atoms with Crippen LogP contribution in [0.15, 0.2) is 36.4 Å². The molecule has 1 atom stereocenters. The van der Waals surface area contributed by atoms with Crippen molar-refractivity contribution in [1.82, 2.24) is 9.47 Å². The Hall–Kier alpha value is -2.56. The van der Waals surface area contributed by atoms with E-state index in [2.05, 4.69) is 12.1 Å². The summed E-state index contributed by atoms with van der Waals surface area (Å²) < 4.78 is 1.94. The maximum Gasteiger partial charge on any atom is 0.337 e. The van der Waals surface area contributed by atoms with Crippen LogP contribution in [0.2, 0.25) is 0 Å². The quantitative estimate of drug-likeness (QED) is 0.932. The second-order valence-electron chi connectivity index (χ2n) is 6.87. The van der Waals surface area contributed by atoms with Crippen molar-refractivity contribution in [3.05, 3.63) is 58.9 Å². The molecule has 1 aromatic carbocycles. The highest BCUT2D eigenvalue weighted by Gasteiger charge is 2.34. The zero-order chi connectivity index (χ0) is 17.4. The Bertz CT molecular complexity index is 810. The molecule has 2 aromatic rings. The highest BCUT2D eigenvalue weighted by atomic mass is 16.4. The summed E-state index contributed by atoms with van der Waals surface area (Å²) >= 11 is 0. The van der Waals surface area contributed by atoms with E-state index in [1.54, 1.807) is 6.07 Å². The second kappa shape index (κ2) is 6.39. The fourth-order valence-electron chi connectivity index (χ4n) is 4.22. The number of benzene rings is 1. The van der Waals surface area contributed by atoms with Gasteiger partial charge >= 0.3 is 5.97 Å². The van der Waals surface area contributed by atoms with Gasteiger partial charge < -0.3 is 14.6 Å². The molecular weight excluding hydrogens is 316 g/mol. The zero-order valence-electron chi connectivity index (χ0n) is 14.1. The lowest BCUT2D eigenvalue weighted by atomic mass is 10.0. The maximum atomic E-state index is 13.3. The van der Waals surface area contributed by atoms with Crippen molar-refractivity contribution in [2.45, 2.75) is 44.7 Å². The molecule has 0 radical (unpaired) electrons. The van der Waals surface area contributed by atoms with Crippen molar-refractivity contribution >= 4 is 11.9 Å². The van der Waals surface area contributed by atoms with E-state index in [0.717, 1.165) is 56.5 Å². The number of likely N-dealkylation sites (tertiary alicyclic amines) is 1. The molecule has 130 valence electrons. The monoisotopic (exact) mass is 338 g/mol. The number of nitrogens with zero attached hydrogens (tertiary/aromatic N) is 2. The van der Waals surface area contributed by atoms with Gasteiger partial charge in [0.25, 0.3) is 5.91 Å². The predicted molar refractivity (Wildman–Crippen MR) is 93.8 cm³/mol. The van der Waals surface area contributed by atoms with Gasteiger partial charge in [-0.25, -0.2) is 4.79 Å². The summed E-state index contributed by atoms with van der Waals surface area (Å²) in [7, 11) is 0. The average molecular weight is 338 g/mol. The molecular formula is C20H22N2O3. The molecule has 2 aliphatic heterocycles. The molecule has 25 heavy (non-hydrogen) atoms. The first-order chi connectivity index (χ1) is 12.2. The van der Waals surface area contributed by atoms with Crippen LogP contribution < -0.4 is 0 Å². The number of rotatable bonds is 3. The van der Waals surface area contributed by atoms with Gasteiger partial charge in [0.1, 0.15) is 5.69 Å². The van der Waals surface area contributed by atoms with Gasteiger partial charge in [-0.05, 0) is 43.7 Å². The summed E-state index contributed by atoms with van der Waals surface area (Å²) in [6.07, 6.45) is 4.63. The van der Waals surface area contributed by atoms with Crippen molar-refractivity contribution in [2.24, 2.45) is 0 Å². The van der Waals surface area contributed by atoms with Crippen LogP contribution in [0.5, 0.6) is 0 Å². The lowest BCUT2D eigenvalue weighted by Gasteiger charge is -2.26. The van der Waals surface area contributed by atoms with E-state index in [0.29, 0.717) is 11.3 Å². The lowest BCUT2D eigenvalue weighted by Crippen LogP contribution is -2.32. The molecule has 5 heteroatoms. The first-order valence-electron chi connectivity index (χ1n) is 8.98. The van der Waals surface area contributed by atoms with Crippen LogP contribution in [0, 0.1) is 0 Å². The van der Waals surface area contributed by atoms with Crippen molar-refractivity contribution in [1.29, 1.82) is 0 Å². The van der Waals surface area contributed by atoms with Crippen LogP contribution in [-0.2, 0) is 13.0 Å². The smallest absolute Gasteiger partial charge is 0.337 e. The SMILES string of the molecule is O=C(O)c1cc(C(=O)N2CCC[C@@H]2c2ccccc2)n2c1CCCC2. The largest absolute Gasteiger partial charge is 0.478 e. The van der Waals surface area contributed by atoms with Crippen LogP contribution in [0.25, 0.3) is 0 Å². The van der Waals surface area contributed by atoms with Crippen LogP contribution in [-0.4, -0.2) is 33.0 Å². The minimum absolute atomic E-state index is 0.0398. The third-order valence-electron chi connectivity index (χ3n) is 5.40. The highest BCUT2D eigenvalue weighted by molar-refractivity contribution is 5.98. The van der Waals surface area contributed by atoms with E-state index >= 15 is 0 Å². The summed E-state index contributed by atoms with van der Waals surface area (Å²) in [5.74, 6) is -0.979. The molecule has 1 amide bonds. The predicted octanol–water partition coefficient (Wildman–Crippen LogP) is 3.50. The third kappa shape index (κ3) is 2.73. The van der Waals surface area contributed by atoms with Gasteiger partial charge in [-0.2, -0.15) is 0 Å². The normalized spacial score (nSPS) is 19.7. The molecule has 1 aromatic heterocycles. The molecule has 0 bridgehead atoms. The van der Waals surface area contributed by atoms with Gasteiger partial charge in [-0.1, -0.05) is 30.3 Å². The van der Waals surface area contributed by atoms with Crippen LogP contribution in [0.1, 0.15) is 63.8 Å². The standard InChI is InChI=1S/C20H22N2O3/c23-19(22-12-6-10-16(22)14-7-2-1-3-8-14)18-13-15(20(24)25)17-9-4-5-11-21(17)18/h1-3,7-8,13,16H,4-6,9-12H2,(H,24,25)/t16-/m1/s1. The molecule has 0 aliphatic carbocycles. The molecule has 3 heterocycles. The number of carbonyl (C=O) groups is 2. The van der Waals surface area contributed by atoms with E-state index in [1.165, 1.54) is 0 Å². The van der Waals surface area contributed by atoms with E-state index < -0.39 is 5.97 Å². The number of carboxylic acids is 1. The van der Waals surface area contributed by atoms with E-state index in [4.69, 9.17) is 0 Å². The number of aromatic carboxylic acids is 1.